The van der Waals surface area contributed by atoms with Gasteiger partial charge in [-0.05, 0) is 65.0 Å². The molecule has 1 aliphatic rings. The van der Waals surface area contributed by atoms with Crippen LogP contribution in [0.1, 0.15) is 60.3 Å². The van der Waals surface area contributed by atoms with E-state index >= 15 is 0 Å². The summed E-state index contributed by atoms with van der Waals surface area (Å²) in [6, 6.07) is 0. The topological polar surface area (TPSA) is 49.7 Å². The largest absolute Gasteiger partial charge is 0.396 e. The van der Waals surface area contributed by atoms with Crippen molar-refractivity contribution >= 4 is 21.3 Å². The summed E-state index contributed by atoms with van der Waals surface area (Å²) in [5.41, 5.74) is -0.267. The van der Waals surface area contributed by atoms with Crippen molar-refractivity contribution in [3.8, 4) is 0 Å². The molecular formula is C19H33O3PS. The van der Waals surface area contributed by atoms with E-state index in [4.69, 9.17) is 9.29 Å². The number of hydrogen-bond acceptors (Lipinski definition) is 4. The molecule has 0 aliphatic heterocycles. The van der Waals surface area contributed by atoms with E-state index in [1.807, 2.05) is 13.8 Å². The summed E-state index contributed by atoms with van der Waals surface area (Å²) >= 11 is 1.32. The second-order valence-corrected chi connectivity index (χ2v) is 9.75. The van der Waals surface area contributed by atoms with Crippen molar-refractivity contribution < 1.29 is 14.4 Å². The van der Waals surface area contributed by atoms with Crippen LogP contribution in [-0.2, 0) is 4.18 Å². The molecule has 138 valence electrons. The predicted octanol–water partition coefficient (Wildman–Crippen LogP) is 4.77. The lowest BCUT2D eigenvalue weighted by Gasteiger charge is -2.35. The van der Waals surface area contributed by atoms with E-state index in [0.717, 1.165) is 30.6 Å². The van der Waals surface area contributed by atoms with Crippen LogP contribution in [0.3, 0.4) is 0 Å². The zero-order valence-corrected chi connectivity index (χ0v) is 17.6. The monoisotopic (exact) mass is 372 g/mol. The van der Waals surface area contributed by atoms with E-state index in [2.05, 4.69) is 40.5 Å². The summed E-state index contributed by atoms with van der Waals surface area (Å²) in [4.78, 5) is 1.05. The molecule has 0 spiro atoms. The fourth-order valence-electron chi connectivity index (χ4n) is 2.10. The molecule has 5 heteroatoms. The Balaban J connectivity index is 2.65. The van der Waals surface area contributed by atoms with Gasteiger partial charge in [-0.2, -0.15) is 0 Å². The quantitative estimate of drug-likeness (QED) is 0.348. The maximum atomic E-state index is 10.2. The Labute approximate surface area is 154 Å². The van der Waals surface area contributed by atoms with Gasteiger partial charge in [0.05, 0.1) is 5.60 Å². The van der Waals surface area contributed by atoms with Crippen molar-refractivity contribution in [2.24, 2.45) is 0 Å². The van der Waals surface area contributed by atoms with Gasteiger partial charge in [-0.15, -0.1) is 9.24 Å². The lowest BCUT2D eigenvalue weighted by atomic mass is 9.90. The van der Waals surface area contributed by atoms with Crippen LogP contribution < -0.4 is 0 Å². The SMILES string of the molecule is CC(P)(CCCCO)C1=CCC=C(SOC(C)(C)C(C)(C)O)C=C1. The van der Waals surface area contributed by atoms with Gasteiger partial charge in [-0.25, -0.2) is 0 Å². The third-order valence-electron chi connectivity index (χ3n) is 4.67. The van der Waals surface area contributed by atoms with Crippen LogP contribution >= 0.6 is 21.3 Å². The van der Waals surface area contributed by atoms with Crippen LogP contribution in [0.15, 0.2) is 34.8 Å². The Morgan fingerprint density at radius 3 is 2.38 bits per heavy atom. The first-order valence-electron chi connectivity index (χ1n) is 8.56. The average molecular weight is 373 g/mol. The second kappa shape index (κ2) is 9.00. The van der Waals surface area contributed by atoms with Gasteiger partial charge in [0.15, 0.2) is 0 Å². The van der Waals surface area contributed by atoms with Crippen molar-refractivity contribution in [1.82, 2.24) is 0 Å². The first kappa shape index (κ1) is 21.9. The van der Waals surface area contributed by atoms with E-state index < -0.39 is 11.2 Å². The maximum Gasteiger partial charge on any atom is 0.106 e. The molecule has 1 aliphatic carbocycles. The van der Waals surface area contributed by atoms with Gasteiger partial charge in [-0.1, -0.05) is 25.2 Å². The average Bonchev–Trinajstić information content (AvgIpc) is 2.70. The highest BCUT2D eigenvalue weighted by molar-refractivity contribution is 7.98. The lowest BCUT2D eigenvalue weighted by Crippen LogP contribution is -2.45. The van der Waals surface area contributed by atoms with E-state index in [0.29, 0.717) is 0 Å². The standard InChI is InChI=1S/C19H33O3PS/c1-17(2,21)18(3,4)22-24-16-10-8-9-15(11-12-16)19(5,23)13-6-7-14-20/h9-12,20-21H,6-8,13-14,23H2,1-5H3. The third kappa shape index (κ3) is 6.65. The summed E-state index contributed by atoms with van der Waals surface area (Å²) in [5.74, 6) is 0. The van der Waals surface area contributed by atoms with Crippen molar-refractivity contribution in [2.75, 3.05) is 6.61 Å². The number of aliphatic hydroxyl groups excluding tert-OH is 1. The first-order chi connectivity index (χ1) is 11.0. The molecule has 0 aromatic heterocycles. The highest BCUT2D eigenvalue weighted by atomic mass is 32.2. The molecule has 0 bridgehead atoms. The summed E-state index contributed by atoms with van der Waals surface area (Å²) in [7, 11) is 2.96. The summed E-state index contributed by atoms with van der Waals surface area (Å²) < 4.78 is 5.88. The molecule has 3 nitrogen and oxygen atoms in total. The number of unbranched alkanes of at least 4 members (excludes halogenated alkanes) is 1. The predicted molar refractivity (Wildman–Crippen MR) is 108 cm³/mol. The Bertz CT molecular complexity index is 499. The molecule has 0 heterocycles. The first-order valence-corrected chi connectivity index (χ1v) is 9.88. The highest BCUT2D eigenvalue weighted by Gasteiger charge is 2.37. The van der Waals surface area contributed by atoms with Crippen LogP contribution in [0.5, 0.6) is 0 Å². The smallest absolute Gasteiger partial charge is 0.106 e. The molecule has 1 rings (SSSR count). The minimum absolute atomic E-state index is 0.0207. The molecule has 2 unspecified atom stereocenters. The Hall–Kier alpha value is -0.120. The van der Waals surface area contributed by atoms with Crippen molar-refractivity contribution in [2.45, 2.75) is 76.7 Å². The van der Waals surface area contributed by atoms with Gasteiger partial charge in [0, 0.05) is 28.7 Å². The second-order valence-electron chi connectivity index (χ2n) is 7.67. The maximum absolute atomic E-state index is 10.2. The summed E-state index contributed by atoms with van der Waals surface area (Å²) in [5, 5.41) is 19.2. The Morgan fingerprint density at radius 1 is 1.12 bits per heavy atom. The molecule has 2 N–H and O–H groups in total. The van der Waals surface area contributed by atoms with Gasteiger partial charge in [-0.3, -0.25) is 0 Å². The number of aliphatic hydroxyl groups is 2. The fraction of sp³-hybridized carbons (Fsp3) is 0.684. The molecule has 0 saturated carbocycles. The molecule has 2 atom stereocenters. The lowest BCUT2D eigenvalue weighted by molar-refractivity contribution is -0.0810. The van der Waals surface area contributed by atoms with Gasteiger partial charge < -0.3 is 14.4 Å². The van der Waals surface area contributed by atoms with Crippen LogP contribution in [-0.4, -0.2) is 33.2 Å². The molecule has 24 heavy (non-hydrogen) atoms. The molecule has 0 amide bonds. The number of hydrogen-bond donors (Lipinski definition) is 2. The van der Waals surface area contributed by atoms with Crippen LogP contribution in [0, 0.1) is 0 Å². The van der Waals surface area contributed by atoms with Crippen LogP contribution in [0.2, 0.25) is 0 Å². The van der Waals surface area contributed by atoms with E-state index in [9.17, 15) is 5.11 Å². The zero-order valence-electron chi connectivity index (χ0n) is 15.6. The molecule has 0 aromatic rings. The van der Waals surface area contributed by atoms with Gasteiger partial charge in [0.2, 0.25) is 0 Å². The molecule has 0 saturated heterocycles. The zero-order chi connectivity index (χ0) is 18.4. The van der Waals surface area contributed by atoms with Crippen LogP contribution in [0.25, 0.3) is 0 Å². The Morgan fingerprint density at radius 2 is 1.79 bits per heavy atom. The van der Waals surface area contributed by atoms with Crippen molar-refractivity contribution in [3.05, 3.63) is 34.8 Å². The van der Waals surface area contributed by atoms with Crippen molar-refractivity contribution in [1.29, 1.82) is 0 Å². The summed E-state index contributed by atoms with van der Waals surface area (Å²) in [6.45, 7) is 9.79. The van der Waals surface area contributed by atoms with E-state index in [1.54, 1.807) is 13.8 Å². The number of allylic oxidation sites excluding steroid dienone is 5. The third-order valence-corrected chi connectivity index (χ3v) is 6.28. The highest BCUT2D eigenvalue weighted by Crippen LogP contribution is 2.37. The van der Waals surface area contributed by atoms with E-state index in [-0.39, 0.29) is 11.8 Å². The molecule has 0 fully saturated rings. The van der Waals surface area contributed by atoms with Gasteiger partial charge in [0.25, 0.3) is 0 Å². The van der Waals surface area contributed by atoms with Crippen molar-refractivity contribution in [3.63, 3.8) is 0 Å². The molecular weight excluding hydrogens is 339 g/mol. The summed E-state index contributed by atoms with van der Waals surface area (Å²) in [6.07, 6.45) is 12.4. The van der Waals surface area contributed by atoms with Gasteiger partial charge >= 0.3 is 0 Å². The van der Waals surface area contributed by atoms with Gasteiger partial charge in [0.1, 0.15) is 5.60 Å². The molecule has 0 radical (unpaired) electrons. The Kier molecular flexibility index (Phi) is 8.22. The van der Waals surface area contributed by atoms with E-state index in [1.165, 1.54) is 17.6 Å². The number of rotatable bonds is 9. The van der Waals surface area contributed by atoms with Crippen LogP contribution in [0.4, 0.5) is 0 Å². The minimum atomic E-state index is -0.913. The molecule has 0 aromatic carbocycles. The minimum Gasteiger partial charge on any atom is -0.396 e. The normalized spacial score (nSPS) is 18.7. The fourth-order valence-corrected chi connectivity index (χ4v) is 3.31.